The molecule has 3 fully saturated rings. The van der Waals surface area contributed by atoms with E-state index in [1.54, 1.807) is 18.5 Å². The predicted octanol–water partition coefficient (Wildman–Crippen LogP) is 7.81. The summed E-state index contributed by atoms with van der Waals surface area (Å²) in [6, 6.07) is 10.2. The summed E-state index contributed by atoms with van der Waals surface area (Å²) in [6.07, 6.45) is 14.3. The first-order valence-electron chi connectivity index (χ1n) is 13.8. The quantitative estimate of drug-likeness (QED) is 0.223. The number of benzene rings is 1. The van der Waals surface area contributed by atoms with Crippen molar-refractivity contribution >= 4 is 45.9 Å². The minimum atomic E-state index is 0.250. The fourth-order valence-corrected chi connectivity index (χ4v) is 5.95. The van der Waals surface area contributed by atoms with Gasteiger partial charge in [-0.15, -0.1) is 0 Å². The monoisotopic (exact) mass is 571 g/mol. The minimum Gasteiger partial charge on any atom is -0.490 e. The third-order valence-electron chi connectivity index (χ3n) is 7.92. The Bertz CT molecular complexity index is 1640. The van der Waals surface area contributed by atoms with Crippen molar-refractivity contribution in [2.75, 3.05) is 18.0 Å². The molecule has 0 amide bonds. The molecule has 1 aromatic carbocycles. The zero-order valence-electron chi connectivity index (χ0n) is 21.8. The summed E-state index contributed by atoms with van der Waals surface area (Å²) in [5.41, 5.74) is 4.66. The van der Waals surface area contributed by atoms with E-state index >= 15 is 0 Å². The molecule has 1 saturated heterocycles. The van der Waals surface area contributed by atoms with Gasteiger partial charge in [-0.2, -0.15) is 5.26 Å². The van der Waals surface area contributed by atoms with Crippen LogP contribution >= 0.6 is 23.2 Å². The van der Waals surface area contributed by atoms with Crippen LogP contribution in [0.4, 0.5) is 5.69 Å². The summed E-state index contributed by atoms with van der Waals surface area (Å²) in [6.45, 7) is 1.88. The number of fused-ring (bicyclic) bond motifs is 1. The first kappa shape index (κ1) is 25.4. The number of allylic oxidation sites excluding steroid dienone is 1. The van der Waals surface area contributed by atoms with Gasteiger partial charge in [0.25, 0.3) is 0 Å². The molecule has 2 saturated carbocycles. The lowest BCUT2D eigenvalue weighted by Crippen LogP contribution is -2.33. The molecular formula is C31H27Cl2N5O2. The van der Waals surface area contributed by atoms with E-state index in [1.807, 2.05) is 6.07 Å². The summed E-state index contributed by atoms with van der Waals surface area (Å²) in [5, 5.41) is 15.7. The molecule has 0 atom stereocenters. The second-order valence-electron chi connectivity index (χ2n) is 10.9. The molecule has 7 rings (SSSR count). The van der Waals surface area contributed by atoms with Crippen molar-refractivity contribution in [1.82, 2.24) is 15.1 Å². The van der Waals surface area contributed by atoms with Gasteiger partial charge in [0.15, 0.2) is 0 Å². The van der Waals surface area contributed by atoms with Gasteiger partial charge >= 0.3 is 0 Å². The molecule has 0 radical (unpaired) electrons. The second-order valence-corrected chi connectivity index (χ2v) is 11.7. The molecule has 0 spiro atoms. The van der Waals surface area contributed by atoms with Crippen LogP contribution in [0.25, 0.3) is 28.2 Å². The van der Waals surface area contributed by atoms with Gasteiger partial charge in [0.1, 0.15) is 29.0 Å². The maximum Gasteiger partial charge on any atom is 0.147 e. The molecule has 7 nitrogen and oxygen atoms in total. The van der Waals surface area contributed by atoms with Gasteiger partial charge in [-0.05, 0) is 62.6 Å². The van der Waals surface area contributed by atoms with Crippen LogP contribution in [0.15, 0.2) is 47.3 Å². The Morgan fingerprint density at radius 2 is 1.80 bits per heavy atom. The Morgan fingerprint density at radius 3 is 2.50 bits per heavy atom. The van der Waals surface area contributed by atoms with Crippen LogP contribution in [0, 0.1) is 17.2 Å². The third-order valence-corrected chi connectivity index (χ3v) is 8.49. The van der Waals surface area contributed by atoms with Gasteiger partial charge in [0, 0.05) is 59.7 Å². The lowest BCUT2D eigenvalue weighted by Gasteiger charge is -2.32. The van der Waals surface area contributed by atoms with Gasteiger partial charge in [-0.1, -0.05) is 40.5 Å². The lowest BCUT2D eigenvalue weighted by molar-refractivity contribution is 0.306. The second kappa shape index (κ2) is 10.4. The molecule has 4 aromatic rings. The molecular weight excluding hydrogens is 545 g/mol. The zero-order valence-corrected chi connectivity index (χ0v) is 23.3. The summed E-state index contributed by atoms with van der Waals surface area (Å²) >= 11 is 12.9. The number of nitriles is 1. The summed E-state index contributed by atoms with van der Waals surface area (Å²) < 4.78 is 11.9. The number of ether oxygens (including phenoxy) is 1. The van der Waals surface area contributed by atoms with Crippen LogP contribution < -0.4 is 9.64 Å². The van der Waals surface area contributed by atoms with Crippen molar-refractivity contribution in [3.05, 3.63) is 69.8 Å². The maximum absolute atomic E-state index is 9.40. The van der Waals surface area contributed by atoms with Crippen LogP contribution in [0.3, 0.4) is 0 Å². The topological polar surface area (TPSA) is 88.1 Å². The van der Waals surface area contributed by atoms with Gasteiger partial charge in [-0.3, -0.25) is 4.98 Å². The summed E-state index contributed by atoms with van der Waals surface area (Å²) in [4.78, 5) is 11.0. The lowest BCUT2D eigenvalue weighted by atomic mass is 9.94. The average molecular weight is 572 g/mol. The smallest absolute Gasteiger partial charge is 0.147 e. The normalized spacial score (nSPS) is 18.0. The molecule has 2 aliphatic carbocycles. The molecule has 0 bridgehead atoms. The van der Waals surface area contributed by atoms with Gasteiger partial charge < -0.3 is 14.2 Å². The molecule has 9 heteroatoms. The third kappa shape index (κ3) is 5.02. The minimum absolute atomic E-state index is 0.250. The molecule has 0 N–H and O–H groups in total. The molecule has 3 aliphatic rings. The maximum atomic E-state index is 9.40. The van der Waals surface area contributed by atoms with Gasteiger partial charge in [0.05, 0.1) is 21.7 Å². The standard InChI is InChI=1S/C31H27Cl2N5O2/c32-25-16-35-17-26(33)29(25)30-23(31(40-37-30)19-2-3-19)7-1-18-9-11-38(12-10-18)21-4-8-27-24(14-21)28(39-22-5-6-22)13-20(15-34)36-27/h1,4,7-8,13-14,16-19,22H,2-3,5-6,9-12H2/b7-1+. The van der Waals surface area contributed by atoms with Crippen LogP contribution in [0.5, 0.6) is 5.75 Å². The largest absolute Gasteiger partial charge is 0.490 e. The van der Waals surface area contributed by atoms with E-state index in [2.05, 4.69) is 50.4 Å². The van der Waals surface area contributed by atoms with E-state index in [0.29, 0.717) is 38.8 Å². The van der Waals surface area contributed by atoms with Crippen LogP contribution in [0.2, 0.25) is 10.0 Å². The Labute approximate surface area is 242 Å². The van der Waals surface area contributed by atoms with E-state index in [-0.39, 0.29) is 6.10 Å². The van der Waals surface area contributed by atoms with Crippen molar-refractivity contribution < 1.29 is 9.26 Å². The number of hydrogen-bond acceptors (Lipinski definition) is 7. The SMILES string of the molecule is N#Cc1cc(OC2CC2)c2cc(N3CCC(/C=C/c4c(-c5c(Cl)cncc5Cl)noc4C4CC4)CC3)ccc2n1. The van der Waals surface area contributed by atoms with Crippen LogP contribution in [0.1, 0.15) is 61.5 Å². The van der Waals surface area contributed by atoms with Crippen molar-refractivity contribution in [3.8, 4) is 23.1 Å². The highest BCUT2D eigenvalue weighted by atomic mass is 35.5. The average Bonchev–Trinajstić information content (AvgIpc) is 3.91. The van der Waals surface area contributed by atoms with E-state index < -0.39 is 0 Å². The molecule has 0 unspecified atom stereocenters. The Hall–Kier alpha value is -3.60. The summed E-state index contributed by atoms with van der Waals surface area (Å²) in [5.74, 6) is 2.52. The molecule has 4 heterocycles. The van der Waals surface area contributed by atoms with Crippen molar-refractivity contribution in [3.63, 3.8) is 0 Å². The number of anilines is 1. The zero-order chi connectivity index (χ0) is 27.2. The fraction of sp³-hybridized carbons (Fsp3) is 0.355. The molecule has 202 valence electrons. The first-order chi connectivity index (χ1) is 19.6. The van der Waals surface area contributed by atoms with E-state index in [0.717, 1.165) is 85.3 Å². The highest BCUT2D eigenvalue weighted by Crippen LogP contribution is 2.46. The van der Waals surface area contributed by atoms with E-state index in [1.165, 1.54) is 0 Å². The van der Waals surface area contributed by atoms with E-state index in [4.69, 9.17) is 32.5 Å². The predicted molar refractivity (Wildman–Crippen MR) is 156 cm³/mol. The highest BCUT2D eigenvalue weighted by Gasteiger charge is 2.33. The fourth-order valence-electron chi connectivity index (χ4n) is 5.41. The van der Waals surface area contributed by atoms with Crippen LogP contribution in [-0.2, 0) is 0 Å². The molecule has 40 heavy (non-hydrogen) atoms. The van der Waals surface area contributed by atoms with Crippen molar-refractivity contribution in [2.45, 2.75) is 50.5 Å². The number of rotatable bonds is 7. The van der Waals surface area contributed by atoms with Gasteiger partial charge in [-0.25, -0.2) is 4.98 Å². The Kier molecular flexibility index (Phi) is 6.61. The number of piperidine rings is 1. The Balaban J connectivity index is 1.10. The number of aromatic nitrogens is 3. The molecule has 3 aromatic heterocycles. The first-order valence-corrected chi connectivity index (χ1v) is 14.6. The van der Waals surface area contributed by atoms with Crippen molar-refractivity contribution in [2.24, 2.45) is 5.92 Å². The van der Waals surface area contributed by atoms with Crippen molar-refractivity contribution in [1.29, 1.82) is 5.26 Å². The van der Waals surface area contributed by atoms with Crippen LogP contribution in [-0.4, -0.2) is 34.3 Å². The number of halogens is 2. The van der Waals surface area contributed by atoms with Gasteiger partial charge in [0.2, 0.25) is 0 Å². The van der Waals surface area contributed by atoms with E-state index in [9.17, 15) is 5.26 Å². The Morgan fingerprint density at radius 1 is 1.02 bits per heavy atom. The highest BCUT2D eigenvalue weighted by molar-refractivity contribution is 6.39. The number of pyridine rings is 2. The number of nitrogens with zero attached hydrogens (tertiary/aromatic N) is 5. The number of hydrogen-bond donors (Lipinski definition) is 0. The summed E-state index contributed by atoms with van der Waals surface area (Å²) in [7, 11) is 0. The molecule has 1 aliphatic heterocycles.